The molecule has 1 aliphatic heterocycles. The van der Waals surface area contributed by atoms with Gasteiger partial charge in [-0.05, 0) is 17.8 Å². The molecule has 16 heavy (non-hydrogen) atoms. The smallest absolute Gasteiger partial charge is 0.308 e. The highest BCUT2D eigenvalue weighted by Gasteiger charge is 2.53. The van der Waals surface area contributed by atoms with E-state index < -0.39 is 5.97 Å². The van der Waals surface area contributed by atoms with Gasteiger partial charge in [0.1, 0.15) is 0 Å². The number of hydrogen-bond acceptors (Lipinski definition) is 2. The predicted molar refractivity (Wildman–Crippen MR) is 58.8 cm³/mol. The third-order valence-electron chi connectivity index (χ3n) is 4.05. The Morgan fingerprint density at radius 3 is 2.25 bits per heavy atom. The second kappa shape index (κ2) is 3.47. The van der Waals surface area contributed by atoms with Gasteiger partial charge in [-0.1, -0.05) is 20.8 Å². The lowest BCUT2D eigenvalue weighted by Gasteiger charge is -2.16. The second-order valence-electron chi connectivity index (χ2n) is 5.91. The van der Waals surface area contributed by atoms with Gasteiger partial charge in [-0.25, -0.2) is 0 Å². The van der Waals surface area contributed by atoms with Crippen LogP contribution in [0, 0.1) is 23.2 Å². The highest BCUT2D eigenvalue weighted by atomic mass is 16.4. The first-order valence-corrected chi connectivity index (χ1v) is 5.84. The fraction of sp³-hybridized carbons (Fsp3) is 0.833. The summed E-state index contributed by atoms with van der Waals surface area (Å²) in [5.41, 5.74) is 0.127. The number of rotatable bonds is 2. The highest BCUT2D eigenvalue weighted by Crippen LogP contribution is 2.52. The molecule has 2 rings (SSSR count). The first-order chi connectivity index (χ1) is 7.33. The van der Waals surface area contributed by atoms with Crippen LogP contribution in [0.15, 0.2) is 0 Å². The average Bonchev–Trinajstić information content (AvgIpc) is 2.62. The Balaban J connectivity index is 1.98. The summed E-state index contributed by atoms with van der Waals surface area (Å²) in [5, 5.41) is 9.00. The van der Waals surface area contributed by atoms with Crippen LogP contribution < -0.4 is 0 Å². The molecule has 1 amide bonds. The van der Waals surface area contributed by atoms with Crippen LogP contribution in [0.5, 0.6) is 0 Å². The molecule has 0 spiro atoms. The van der Waals surface area contributed by atoms with Gasteiger partial charge in [-0.15, -0.1) is 0 Å². The number of carboxylic acids is 1. The van der Waals surface area contributed by atoms with E-state index in [1.165, 1.54) is 0 Å². The van der Waals surface area contributed by atoms with Crippen molar-refractivity contribution in [2.45, 2.75) is 27.2 Å². The third-order valence-corrected chi connectivity index (χ3v) is 4.05. The van der Waals surface area contributed by atoms with Gasteiger partial charge in [0.25, 0.3) is 0 Å². The molecular weight excluding hydrogens is 206 g/mol. The summed E-state index contributed by atoms with van der Waals surface area (Å²) in [6.45, 7) is 7.07. The van der Waals surface area contributed by atoms with Crippen molar-refractivity contribution in [3.05, 3.63) is 0 Å². The number of amides is 1. The number of carbonyl (C=O) groups excluding carboxylic acids is 1. The van der Waals surface area contributed by atoms with Crippen molar-refractivity contribution >= 4 is 11.9 Å². The van der Waals surface area contributed by atoms with Gasteiger partial charge in [-0.3, -0.25) is 9.59 Å². The zero-order valence-electron chi connectivity index (χ0n) is 10.1. The Bertz CT molecular complexity index is 337. The minimum Gasteiger partial charge on any atom is -0.481 e. The molecule has 0 radical (unpaired) electrons. The molecule has 1 saturated carbocycles. The summed E-state index contributed by atoms with van der Waals surface area (Å²) in [4.78, 5) is 24.8. The van der Waals surface area contributed by atoms with Crippen molar-refractivity contribution < 1.29 is 14.7 Å². The van der Waals surface area contributed by atoms with Gasteiger partial charge in [-0.2, -0.15) is 0 Å². The molecule has 0 aromatic carbocycles. The zero-order chi connectivity index (χ0) is 12.1. The molecule has 1 unspecified atom stereocenters. The number of likely N-dealkylation sites (tertiary alicyclic amines) is 1. The van der Waals surface area contributed by atoms with Gasteiger partial charge in [0.15, 0.2) is 0 Å². The Morgan fingerprint density at radius 1 is 1.31 bits per heavy atom. The van der Waals surface area contributed by atoms with Gasteiger partial charge in [0.05, 0.1) is 5.92 Å². The van der Waals surface area contributed by atoms with Crippen molar-refractivity contribution in [3.8, 4) is 0 Å². The summed E-state index contributed by atoms with van der Waals surface area (Å²) in [6.07, 6.45) is 0.939. The molecule has 2 fully saturated rings. The molecule has 0 bridgehead atoms. The van der Waals surface area contributed by atoms with Gasteiger partial charge >= 0.3 is 5.97 Å². The van der Waals surface area contributed by atoms with E-state index in [0.29, 0.717) is 13.1 Å². The van der Waals surface area contributed by atoms with Crippen molar-refractivity contribution in [3.63, 3.8) is 0 Å². The van der Waals surface area contributed by atoms with E-state index in [0.717, 1.165) is 6.42 Å². The maximum absolute atomic E-state index is 12.1. The predicted octanol–water partition coefficient (Wildman–Crippen LogP) is 1.21. The van der Waals surface area contributed by atoms with Crippen LogP contribution in [-0.4, -0.2) is 35.0 Å². The maximum Gasteiger partial charge on any atom is 0.308 e. The topological polar surface area (TPSA) is 57.6 Å². The Morgan fingerprint density at radius 2 is 1.88 bits per heavy atom. The van der Waals surface area contributed by atoms with Crippen molar-refractivity contribution in [1.29, 1.82) is 0 Å². The van der Waals surface area contributed by atoms with Crippen molar-refractivity contribution in [2.75, 3.05) is 13.1 Å². The van der Waals surface area contributed by atoms with E-state index in [1.54, 1.807) is 4.90 Å². The van der Waals surface area contributed by atoms with Crippen LogP contribution in [-0.2, 0) is 9.59 Å². The number of nitrogens with zero attached hydrogens (tertiary/aromatic N) is 1. The number of aliphatic carboxylic acids is 1. The van der Waals surface area contributed by atoms with E-state index in [2.05, 4.69) is 13.8 Å². The highest BCUT2D eigenvalue weighted by molar-refractivity contribution is 5.84. The summed E-state index contributed by atoms with van der Waals surface area (Å²) in [6, 6.07) is 0. The molecule has 3 atom stereocenters. The lowest BCUT2D eigenvalue weighted by atomic mass is 9.99. The lowest BCUT2D eigenvalue weighted by molar-refractivity contribution is -0.142. The molecule has 1 heterocycles. The number of carboxylic acid groups (broad SMARTS) is 1. The van der Waals surface area contributed by atoms with Crippen LogP contribution >= 0.6 is 0 Å². The third kappa shape index (κ3) is 1.81. The van der Waals surface area contributed by atoms with Crippen LogP contribution in [0.1, 0.15) is 27.2 Å². The van der Waals surface area contributed by atoms with Crippen LogP contribution in [0.4, 0.5) is 0 Å². The maximum atomic E-state index is 12.1. The first-order valence-electron chi connectivity index (χ1n) is 5.84. The SMILES string of the molecule is C[C@@H]1CN(C(=O)C2CC2(C)C)C[C@H]1C(=O)O. The molecule has 4 nitrogen and oxygen atoms in total. The summed E-state index contributed by atoms with van der Waals surface area (Å²) in [7, 11) is 0. The molecule has 1 N–H and O–H groups in total. The molecule has 1 saturated heterocycles. The molecule has 0 aromatic heterocycles. The molecule has 1 aliphatic carbocycles. The number of carbonyl (C=O) groups is 2. The fourth-order valence-electron chi connectivity index (χ4n) is 2.58. The molecule has 4 heteroatoms. The monoisotopic (exact) mass is 225 g/mol. The van der Waals surface area contributed by atoms with E-state index in [9.17, 15) is 9.59 Å². The second-order valence-corrected chi connectivity index (χ2v) is 5.91. The first kappa shape index (κ1) is 11.4. The summed E-state index contributed by atoms with van der Waals surface area (Å²) in [5.74, 6) is -0.820. The molecule has 0 aromatic rings. The van der Waals surface area contributed by atoms with Gasteiger partial charge in [0, 0.05) is 19.0 Å². The Hall–Kier alpha value is -1.06. The van der Waals surface area contributed by atoms with Crippen LogP contribution in [0.3, 0.4) is 0 Å². The van der Waals surface area contributed by atoms with Gasteiger partial charge in [0.2, 0.25) is 5.91 Å². The van der Waals surface area contributed by atoms with Crippen molar-refractivity contribution in [1.82, 2.24) is 4.90 Å². The molecule has 2 aliphatic rings. The van der Waals surface area contributed by atoms with Crippen LogP contribution in [0.25, 0.3) is 0 Å². The van der Waals surface area contributed by atoms with Crippen LogP contribution in [0.2, 0.25) is 0 Å². The molecular formula is C12H19NO3. The number of hydrogen-bond donors (Lipinski definition) is 1. The Labute approximate surface area is 95.6 Å². The minimum absolute atomic E-state index is 0.0725. The zero-order valence-corrected chi connectivity index (χ0v) is 10.1. The standard InChI is InChI=1S/C12H19NO3/c1-7-5-13(6-8(7)11(15)16)10(14)9-4-12(9,2)3/h7-9H,4-6H2,1-3H3,(H,15,16)/t7-,8-,9?/m1/s1. The summed E-state index contributed by atoms with van der Waals surface area (Å²) >= 11 is 0. The lowest BCUT2D eigenvalue weighted by Crippen LogP contribution is -2.32. The largest absolute Gasteiger partial charge is 0.481 e. The summed E-state index contributed by atoms with van der Waals surface area (Å²) < 4.78 is 0. The minimum atomic E-state index is -0.780. The fourth-order valence-corrected chi connectivity index (χ4v) is 2.58. The molecule has 90 valence electrons. The average molecular weight is 225 g/mol. The van der Waals surface area contributed by atoms with E-state index in [-0.39, 0.29) is 29.1 Å². The Kier molecular flexibility index (Phi) is 2.48. The van der Waals surface area contributed by atoms with Gasteiger partial charge < -0.3 is 10.0 Å². The van der Waals surface area contributed by atoms with E-state index in [1.807, 2.05) is 6.92 Å². The van der Waals surface area contributed by atoms with E-state index >= 15 is 0 Å². The normalized spacial score (nSPS) is 36.2. The van der Waals surface area contributed by atoms with E-state index in [4.69, 9.17) is 5.11 Å². The quantitative estimate of drug-likeness (QED) is 0.768. The van der Waals surface area contributed by atoms with Crippen molar-refractivity contribution in [2.24, 2.45) is 23.2 Å².